The van der Waals surface area contributed by atoms with E-state index < -0.39 is 21.0 Å². The number of halogens is 5. The minimum Gasteiger partial charge on any atom is -0.472 e. The molecule has 1 N–H and O–H groups in total. The lowest BCUT2D eigenvalue weighted by Gasteiger charge is -2.40. The van der Waals surface area contributed by atoms with Crippen molar-refractivity contribution in [3.8, 4) is 5.88 Å². The molecular weight excluding hydrogens is 429 g/mol. The zero-order valence-electron chi connectivity index (χ0n) is 15.3. The van der Waals surface area contributed by atoms with Crippen molar-refractivity contribution < 1.29 is 29.0 Å². The van der Waals surface area contributed by atoms with Crippen LogP contribution in [0.5, 0.6) is 5.88 Å². The van der Waals surface area contributed by atoms with Crippen molar-refractivity contribution in [2.24, 2.45) is 0 Å². The molecule has 0 radical (unpaired) electrons. The van der Waals surface area contributed by atoms with E-state index in [2.05, 4.69) is 15.3 Å². The van der Waals surface area contributed by atoms with Crippen LogP contribution >= 0.6 is 10.2 Å². The number of hydrogen-bond acceptors (Lipinski definition) is 4. The first kappa shape index (κ1) is 21.5. The number of nitrogens with zero attached hydrogens (tertiary/aromatic N) is 2. The summed E-state index contributed by atoms with van der Waals surface area (Å²) in [4.78, 5) is 18.0. The molecule has 0 fully saturated rings. The lowest BCUT2D eigenvalue weighted by Crippen LogP contribution is -2.24. The summed E-state index contributed by atoms with van der Waals surface area (Å²) in [5.41, 5.74) is 1.10. The predicted octanol–water partition coefficient (Wildman–Crippen LogP) is 5.64. The van der Waals surface area contributed by atoms with Gasteiger partial charge in [-0.1, -0.05) is 61.9 Å². The topological polar surface area (TPSA) is 64.1 Å². The maximum absolute atomic E-state index is 12.7. The number of benzene rings is 2. The molecule has 1 heterocycles. The molecule has 0 aliphatic carbocycles. The number of amides is 1. The van der Waals surface area contributed by atoms with Gasteiger partial charge in [0.05, 0.1) is 12.4 Å². The Morgan fingerprint density at radius 2 is 1.53 bits per heavy atom. The van der Waals surface area contributed by atoms with Crippen LogP contribution < -0.4 is 10.1 Å². The first-order valence-electron chi connectivity index (χ1n) is 8.51. The molecule has 0 saturated carbocycles. The fourth-order valence-electron chi connectivity index (χ4n) is 2.38. The minimum absolute atomic E-state index is 0.0364. The van der Waals surface area contributed by atoms with E-state index in [1.165, 1.54) is 12.4 Å². The van der Waals surface area contributed by atoms with Crippen molar-refractivity contribution in [3.63, 3.8) is 0 Å². The third kappa shape index (κ3) is 5.89. The molecule has 0 saturated heterocycles. The van der Waals surface area contributed by atoms with Gasteiger partial charge in [0, 0.05) is 6.54 Å². The number of nitrogens with one attached hydrogen (secondary N) is 1. The maximum Gasteiger partial charge on any atom is 0.310 e. The monoisotopic (exact) mass is 445 g/mol. The summed E-state index contributed by atoms with van der Waals surface area (Å²) in [6.07, 6.45) is 2.45. The lowest BCUT2D eigenvalue weighted by molar-refractivity contribution is 0.0945. The number of carbonyl (C=O) groups excluding carboxylic acids is 1. The summed E-state index contributed by atoms with van der Waals surface area (Å²) in [7, 11) is -9.71. The molecule has 30 heavy (non-hydrogen) atoms. The summed E-state index contributed by atoms with van der Waals surface area (Å²) in [6, 6.07) is 11.7. The highest BCUT2D eigenvalue weighted by molar-refractivity contribution is 8.45. The fourth-order valence-corrected chi connectivity index (χ4v) is 3.03. The largest absolute Gasteiger partial charge is 0.472 e. The highest BCUT2D eigenvalue weighted by atomic mass is 32.5. The van der Waals surface area contributed by atoms with Crippen molar-refractivity contribution in [2.45, 2.75) is 18.0 Å². The zero-order chi connectivity index (χ0) is 21.9. The van der Waals surface area contributed by atoms with Gasteiger partial charge < -0.3 is 10.1 Å². The van der Waals surface area contributed by atoms with Crippen LogP contribution in [0.15, 0.2) is 71.9 Å². The van der Waals surface area contributed by atoms with Gasteiger partial charge in [-0.2, -0.15) is 0 Å². The molecule has 3 rings (SSSR count). The molecular formula is C19H16F5N3O2S. The molecule has 1 amide bonds. The maximum atomic E-state index is 12.7. The Labute approximate surface area is 168 Å². The van der Waals surface area contributed by atoms with Crippen LogP contribution in [0.4, 0.5) is 19.4 Å². The van der Waals surface area contributed by atoms with E-state index in [-0.39, 0.29) is 30.3 Å². The Hall–Kier alpha value is -3.21. The Morgan fingerprint density at radius 3 is 2.10 bits per heavy atom. The highest BCUT2D eigenvalue weighted by Crippen LogP contribution is 3.02. The van der Waals surface area contributed by atoms with Crippen LogP contribution in [-0.2, 0) is 13.2 Å². The number of rotatable bonds is 7. The van der Waals surface area contributed by atoms with Crippen LogP contribution in [0, 0.1) is 0 Å². The van der Waals surface area contributed by atoms with Crippen LogP contribution in [0.3, 0.4) is 0 Å². The average molecular weight is 445 g/mol. The van der Waals surface area contributed by atoms with Crippen molar-refractivity contribution in [1.82, 2.24) is 15.3 Å². The van der Waals surface area contributed by atoms with Crippen molar-refractivity contribution in [2.75, 3.05) is 0 Å². The second kappa shape index (κ2) is 7.24. The van der Waals surface area contributed by atoms with Crippen LogP contribution in [-0.4, -0.2) is 15.9 Å². The second-order valence-corrected chi connectivity index (χ2v) is 8.72. The van der Waals surface area contributed by atoms with Crippen molar-refractivity contribution in [1.29, 1.82) is 0 Å². The third-order valence-corrected chi connectivity index (χ3v) is 5.08. The molecule has 160 valence electrons. The quantitative estimate of drug-likeness (QED) is 0.478. The van der Waals surface area contributed by atoms with Gasteiger partial charge in [0.25, 0.3) is 5.91 Å². The second-order valence-electron chi connectivity index (χ2n) is 6.31. The van der Waals surface area contributed by atoms with Gasteiger partial charge in [-0.25, -0.2) is 9.97 Å². The molecule has 0 unspecified atom stereocenters. The van der Waals surface area contributed by atoms with Crippen LogP contribution in [0.25, 0.3) is 0 Å². The molecule has 0 aliphatic rings. The van der Waals surface area contributed by atoms with Gasteiger partial charge in [0.15, 0.2) is 0 Å². The number of ether oxygens (including phenoxy) is 1. The number of hydrogen-bond donors (Lipinski definition) is 1. The van der Waals surface area contributed by atoms with E-state index in [1.807, 2.05) is 30.3 Å². The Kier molecular flexibility index (Phi) is 5.19. The van der Waals surface area contributed by atoms with Gasteiger partial charge in [-0.3, -0.25) is 4.79 Å². The molecule has 3 aromatic rings. The number of aromatic nitrogens is 2. The number of carbonyl (C=O) groups is 1. The molecule has 0 bridgehead atoms. The molecule has 5 nitrogen and oxygen atoms in total. The van der Waals surface area contributed by atoms with E-state index >= 15 is 0 Å². The minimum atomic E-state index is -9.71. The van der Waals surface area contributed by atoms with Crippen LogP contribution in [0.1, 0.15) is 21.6 Å². The van der Waals surface area contributed by atoms with Gasteiger partial charge >= 0.3 is 10.2 Å². The Balaban J connectivity index is 1.55. The SMILES string of the molecule is O=C(NCc1ccc(S(F)(F)(F)(F)F)cc1)c1cnc(OCc2ccccc2)cn1. The Bertz CT molecular complexity index is 1030. The summed E-state index contributed by atoms with van der Waals surface area (Å²) in [5.74, 6) is -0.420. The normalized spacial score (nSPS) is 13.8. The predicted molar refractivity (Wildman–Crippen MR) is 102 cm³/mol. The van der Waals surface area contributed by atoms with Crippen molar-refractivity contribution in [3.05, 3.63) is 83.8 Å². The average Bonchev–Trinajstić information content (AvgIpc) is 2.70. The van der Waals surface area contributed by atoms with Crippen LogP contribution in [0.2, 0.25) is 0 Å². The van der Waals surface area contributed by atoms with Gasteiger partial charge in [0.1, 0.15) is 17.2 Å². The highest BCUT2D eigenvalue weighted by Gasteiger charge is 2.65. The Morgan fingerprint density at radius 1 is 0.867 bits per heavy atom. The molecule has 0 aliphatic heterocycles. The first-order chi connectivity index (χ1) is 13.9. The fraction of sp³-hybridized carbons (Fsp3) is 0.105. The van der Waals surface area contributed by atoms with E-state index in [0.717, 1.165) is 17.7 Å². The van der Waals surface area contributed by atoms with E-state index in [0.29, 0.717) is 12.1 Å². The summed E-state index contributed by atoms with van der Waals surface area (Å²) >= 11 is 0. The molecule has 0 atom stereocenters. The molecule has 1 aromatic heterocycles. The molecule has 11 heteroatoms. The zero-order valence-corrected chi connectivity index (χ0v) is 16.1. The lowest BCUT2D eigenvalue weighted by atomic mass is 10.2. The molecule has 0 spiro atoms. The smallest absolute Gasteiger partial charge is 0.310 e. The summed E-state index contributed by atoms with van der Waals surface area (Å²) in [6.45, 7) is 0.101. The van der Waals surface area contributed by atoms with Gasteiger partial charge in [0.2, 0.25) is 5.88 Å². The van der Waals surface area contributed by atoms with E-state index in [9.17, 15) is 24.2 Å². The van der Waals surface area contributed by atoms with E-state index in [4.69, 9.17) is 4.74 Å². The van der Waals surface area contributed by atoms with Gasteiger partial charge in [-0.15, -0.1) is 0 Å². The van der Waals surface area contributed by atoms with Gasteiger partial charge in [-0.05, 0) is 23.3 Å². The molecule has 2 aromatic carbocycles. The standard InChI is InChI=1S/C19H16F5N3O2S/c20-30(21,22,23,24)16-8-6-14(7-9-16)10-27-19(28)17-11-26-18(12-25-17)29-13-15-4-2-1-3-5-15/h1-9,11-12H,10,13H2,(H,27,28). The first-order valence-corrected chi connectivity index (χ1v) is 10.5. The van der Waals surface area contributed by atoms with E-state index in [1.54, 1.807) is 0 Å². The summed E-state index contributed by atoms with van der Waals surface area (Å²) in [5, 5.41) is 2.43. The third-order valence-electron chi connectivity index (χ3n) is 3.91. The van der Waals surface area contributed by atoms with Crippen molar-refractivity contribution >= 4 is 16.1 Å². The summed E-state index contributed by atoms with van der Waals surface area (Å²) < 4.78 is 69.0.